The maximum atomic E-state index is 11.6. The zero-order valence-corrected chi connectivity index (χ0v) is 8.31. The molecule has 1 fully saturated rings. The smallest absolute Gasteiger partial charge is 0.150 e. The van der Waals surface area contributed by atoms with Gasteiger partial charge in [0, 0.05) is 6.42 Å². The lowest BCUT2D eigenvalue weighted by molar-refractivity contribution is -0.123. The average molecular weight is 169 g/mol. The third-order valence-corrected chi connectivity index (χ3v) is 2.39. The number of ketones is 1. The van der Waals surface area contributed by atoms with Crippen LogP contribution >= 0.6 is 0 Å². The average Bonchev–Trinajstić information content (AvgIpc) is 2.11. The summed E-state index contributed by atoms with van der Waals surface area (Å²) in [6.07, 6.45) is 2.95. The summed E-state index contributed by atoms with van der Waals surface area (Å²) in [5.74, 6) is 0.389. The van der Waals surface area contributed by atoms with Crippen molar-refractivity contribution in [2.75, 3.05) is 6.54 Å². The molecule has 0 saturated carbocycles. The molecule has 1 aliphatic heterocycles. The second-order valence-electron chi connectivity index (χ2n) is 4.68. The van der Waals surface area contributed by atoms with Crippen LogP contribution < -0.4 is 5.32 Å². The van der Waals surface area contributed by atoms with Crippen molar-refractivity contribution >= 4 is 5.78 Å². The van der Waals surface area contributed by atoms with E-state index in [4.69, 9.17) is 0 Å². The summed E-state index contributed by atoms with van der Waals surface area (Å²) in [6, 6.07) is 0.0694. The Morgan fingerprint density at radius 1 is 1.33 bits per heavy atom. The molecule has 0 amide bonds. The fourth-order valence-corrected chi connectivity index (χ4v) is 1.72. The first kappa shape index (κ1) is 9.72. The Kier molecular flexibility index (Phi) is 2.89. The van der Waals surface area contributed by atoms with Gasteiger partial charge >= 0.3 is 0 Å². The van der Waals surface area contributed by atoms with Gasteiger partial charge in [-0.05, 0) is 24.8 Å². The van der Waals surface area contributed by atoms with Crippen molar-refractivity contribution < 1.29 is 4.79 Å². The molecule has 1 aliphatic rings. The van der Waals surface area contributed by atoms with Crippen LogP contribution in [0.25, 0.3) is 0 Å². The lowest BCUT2D eigenvalue weighted by Crippen LogP contribution is -2.45. The molecule has 1 saturated heterocycles. The Bertz CT molecular complexity index is 169. The molecule has 1 atom stereocenters. The van der Waals surface area contributed by atoms with Gasteiger partial charge in [-0.1, -0.05) is 20.8 Å². The van der Waals surface area contributed by atoms with E-state index in [-0.39, 0.29) is 11.5 Å². The van der Waals surface area contributed by atoms with Gasteiger partial charge in [-0.3, -0.25) is 4.79 Å². The van der Waals surface area contributed by atoms with Crippen molar-refractivity contribution in [1.82, 2.24) is 5.32 Å². The Morgan fingerprint density at radius 3 is 2.58 bits per heavy atom. The van der Waals surface area contributed by atoms with Crippen LogP contribution in [0.15, 0.2) is 0 Å². The van der Waals surface area contributed by atoms with Gasteiger partial charge in [0.2, 0.25) is 0 Å². The van der Waals surface area contributed by atoms with Crippen molar-refractivity contribution in [1.29, 1.82) is 0 Å². The molecule has 0 aromatic rings. The number of Topliss-reactive ketones (excluding diaryl/α,β-unsaturated/α-hetero) is 1. The number of carbonyl (C=O) groups is 1. The number of nitrogens with one attached hydrogen (secondary N) is 1. The Hall–Kier alpha value is -0.370. The molecule has 0 spiro atoms. The first-order valence-corrected chi connectivity index (χ1v) is 4.78. The van der Waals surface area contributed by atoms with Crippen LogP contribution in [0.5, 0.6) is 0 Å². The largest absolute Gasteiger partial charge is 0.307 e. The number of hydrogen-bond acceptors (Lipinski definition) is 2. The quantitative estimate of drug-likeness (QED) is 0.598. The summed E-state index contributed by atoms with van der Waals surface area (Å²) in [6.45, 7) is 7.35. The van der Waals surface area contributed by atoms with Crippen molar-refractivity contribution in [3.63, 3.8) is 0 Å². The first-order valence-electron chi connectivity index (χ1n) is 4.78. The van der Waals surface area contributed by atoms with Gasteiger partial charge in [-0.2, -0.15) is 0 Å². The molecule has 1 rings (SSSR count). The minimum Gasteiger partial charge on any atom is -0.307 e. The highest BCUT2D eigenvalue weighted by Crippen LogP contribution is 2.23. The van der Waals surface area contributed by atoms with Gasteiger partial charge < -0.3 is 5.32 Å². The normalized spacial score (nSPS) is 26.9. The van der Waals surface area contributed by atoms with Gasteiger partial charge in [-0.25, -0.2) is 0 Å². The maximum absolute atomic E-state index is 11.6. The van der Waals surface area contributed by atoms with Gasteiger partial charge in [0.25, 0.3) is 0 Å². The third kappa shape index (κ3) is 2.31. The lowest BCUT2D eigenvalue weighted by Gasteiger charge is -2.28. The van der Waals surface area contributed by atoms with E-state index >= 15 is 0 Å². The molecule has 0 aliphatic carbocycles. The first-order chi connectivity index (χ1) is 5.52. The summed E-state index contributed by atoms with van der Waals surface area (Å²) < 4.78 is 0. The van der Waals surface area contributed by atoms with Crippen LogP contribution in [0.2, 0.25) is 0 Å². The predicted molar refractivity (Wildman–Crippen MR) is 50.1 cm³/mol. The van der Waals surface area contributed by atoms with E-state index in [9.17, 15) is 4.79 Å². The van der Waals surface area contributed by atoms with Crippen LogP contribution in [0.1, 0.15) is 40.0 Å². The van der Waals surface area contributed by atoms with Crippen LogP contribution in [0, 0.1) is 5.41 Å². The van der Waals surface area contributed by atoms with Gasteiger partial charge in [-0.15, -0.1) is 0 Å². The Balaban J connectivity index is 2.66. The minimum atomic E-state index is 0.0694. The van der Waals surface area contributed by atoms with Crippen LogP contribution in [0.3, 0.4) is 0 Å². The minimum absolute atomic E-state index is 0.0694. The number of carbonyl (C=O) groups excluding carboxylic acids is 1. The van der Waals surface area contributed by atoms with Crippen LogP contribution in [-0.4, -0.2) is 18.4 Å². The summed E-state index contributed by atoms with van der Waals surface area (Å²) in [5.41, 5.74) is 0.0709. The SMILES string of the molecule is CC(C)(C)C1NCCCCC1=O. The second kappa shape index (κ2) is 3.56. The standard InChI is InChI=1S/C10H19NO/c1-10(2,3)9-8(12)6-4-5-7-11-9/h9,11H,4-7H2,1-3H3. The Labute approximate surface area is 74.7 Å². The molecule has 0 aromatic carbocycles. The van der Waals surface area contributed by atoms with E-state index in [2.05, 4.69) is 26.1 Å². The summed E-state index contributed by atoms with van der Waals surface area (Å²) >= 11 is 0. The molecule has 2 heteroatoms. The monoisotopic (exact) mass is 169 g/mol. The molecule has 0 aromatic heterocycles. The molecule has 2 nitrogen and oxygen atoms in total. The van der Waals surface area contributed by atoms with Crippen LogP contribution in [0.4, 0.5) is 0 Å². The van der Waals surface area contributed by atoms with Crippen LogP contribution in [-0.2, 0) is 4.79 Å². The highest BCUT2D eigenvalue weighted by atomic mass is 16.1. The van der Waals surface area contributed by atoms with E-state index in [1.807, 2.05) is 0 Å². The van der Waals surface area contributed by atoms with E-state index in [1.54, 1.807) is 0 Å². The molecule has 0 bridgehead atoms. The fraction of sp³-hybridized carbons (Fsp3) is 0.900. The topological polar surface area (TPSA) is 29.1 Å². The summed E-state index contributed by atoms with van der Waals surface area (Å²) in [4.78, 5) is 11.6. The van der Waals surface area contributed by atoms with Gasteiger partial charge in [0.15, 0.2) is 0 Å². The molecule has 70 valence electrons. The Morgan fingerprint density at radius 2 is 2.00 bits per heavy atom. The molecule has 0 radical (unpaired) electrons. The zero-order valence-electron chi connectivity index (χ0n) is 8.31. The van der Waals surface area contributed by atoms with E-state index in [0.29, 0.717) is 5.78 Å². The molecular weight excluding hydrogens is 150 g/mol. The summed E-state index contributed by atoms with van der Waals surface area (Å²) in [5, 5.41) is 3.32. The molecule has 1 heterocycles. The molecule has 12 heavy (non-hydrogen) atoms. The van der Waals surface area contributed by atoms with Gasteiger partial charge in [0.05, 0.1) is 6.04 Å². The third-order valence-electron chi connectivity index (χ3n) is 2.39. The lowest BCUT2D eigenvalue weighted by atomic mass is 9.83. The predicted octanol–water partition coefficient (Wildman–Crippen LogP) is 1.74. The summed E-state index contributed by atoms with van der Waals surface area (Å²) in [7, 11) is 0. The zero-order chi connectivity index (χ0) is 9.19. The number of rotatable bonds is 0. The second-order valence-corrected chi connectivity index (χ2v) is 4.68. The number of hydrogen-bond donors (Lipinski definition) is 1. The molecule has 1 unspecified atom stereocenters. The van der Waals surface area contributed by atoms with E-state index in [0.717, 1.165) is 25.8 Å². The van der Waals surface area contributed by atoms with Crippen molar-refractivity contribution in [3.8, 4) is 0 Å². The van der Waals surface area contributed by atoms with Crippen molar-refractivity contribution in [2.24, 2.45) is 5.41 Å². The van der Waals surface area contributed by atoms with Crippen molar-refractivity contribution in [2.45, 2.75) is 46.1 Å². The highest BCUT2D eigenvalue weighted by Gasteiger charge is 2.31. The highest BCUT2D eigenvalue weighted by molar-refractivity contribution is 5.84. The van der Waals surface area contributed by atoms with E-state index in [1.165, 1.54) is 0 Å². The van der Waals surface area contributed by atoms with Crippen molar-refractivity contribution in [3.05, 3.63) is 0 Å². The maximum Gasteiger partial charge on any atom is 0.150 e. The van der Waals surface area contributed by atoms with E-state index < -0.39 is 0 Å². The molecule has 1 N–H and O–H groups in total. The molecular formula is C10H19NO. The fourth-order valence-electron chi connectivity index (χ4n) is 1.72. The van der Waals surface area contributed by atoms with Gasteiger partial charge in [0.1, 0.15) is 5.78 Å².